The topological polar surface area (TPSA) is 90.0 Å². The van der Waals surface area contributed by atoms with Gasteiger partial charge in [-0.2, -0.15) is 0 Å². The minimum atomic E-state index is -0.452. The molecule has 11 heteroatoms. The Morgan fingerprint density at radius 2 is 1.84 bits per heavy atom. The van der Waals surface area contributed by atoms with Crippen molar-refractivity contribution in [2.45, 2.75) is 12.8 Å². The van der Waals surface area contributed by atoms with Crippen LogP contribution in [0.3, 0.4) is 0 Å². The number of likely N-dealkylation sites (N-methyl/N-ethyl adjacent to an activating group) is 1. The van der Waals surface area contributed by atoms with Crippen molar-refractivity contribution >= 4 is 57.9 Å². The number of benzene rings is 1. The number of nitrogens with one attached hydrogen (secondary N) is 1. The number of amides is 4. The molecule has 172 valence electrons. The van der Waals surface area contributed by atoms with Crippen molar-refractivity contribution in [1.82, 2.24) is 20.0 Å². The van der Waals surface area contributed by atoms with Gasteiger partial charge < -0.3 is 15.1 Å². The number of carbonyl (C=O) groups is 4. The Hall–Kier alpha value is -2.07. The molecule has 3 rings (SSSR count). The maximum absolute atomic E-state index is 12.8. The van der Waals surface area contributed by atoms with Crippen LogP contribution in [-0.2, 0) is 9.59 Å². The molecule has 2 aliphatic heterocycles. The Kier molecular flexibility index (Phi) is 8.21. The maximum atomic E-state index is 12.8. The van der Waals surface area contributed by atoms with Crippen molar-refractivity contribution in [1.29, 1.82) is 0 Å². The number of nitrogens with zero attached hydrogens (tertiary/aromatic N) is 3. The van der Waals surface area contributed by atoms with Crippen LogP contribution < -0.4 is 5.32 Å². The molecule has 0 unspecified atom stereocenters. The van der Waals surface area contributed by atoms with Crippen LogP contribution in [0, 0.1) is 0 Å². The number of hydrogen-bond donors (Lipinski definition) is 1. The first-order chi connectivity index (χ1) is 15.2. The van der Waals surface area contributed by atoms with E-state index in [1.807, 2.05) is 19.0 Å². The van der Waals surface area contributed by atoms with Crippen LogP contribution in [0.1, 0.15) is 23.2 Å². The standard InChI is InChI=1S/C21H24Cl2N4O4S/c1-25(2)10-7-24-17(28)12-27-20(30)18(32-21(27)31)13-5-8-26(9-6-13)19(29)15-4-3-14(22)11-16(15)23/h3-4,11H,5-10,12H2,1-2H3,(H,24,28). The lowest BCUT2D eigenvalue weighted by Crippen LogP contribution is -2.41. The first-order valence-electron chi connectivity index (χ1n) is 10.1. The van der Waals surface area contributed by atoms with E-state index in [2.05, 4.69) is 5.32 Å². The summed E-state index contributed by atoms with van der Waals surface area (Å²) in [4.78, 5) is 54.9. The fourth-order valence-electron chi connectivity index (χ4n) is 3.41. The van der Waals surface area contributed by atoms with Gasteiger partial charge in [0.25, 0.3) is 17.1 Å². The molecule has 4 amide bonds. The molecule has 0 saturated carbocycles. The predicted octanol–water partition coefficient (Wildman–Crippen LogP) is 2.86. The minimum absolute atomic E-state index is 0.201. The summed E-state index contributed by atoms with van der Waals surface area (Å²) < 4.78 is 0. The summed E-state index contributed by atoms with van der Waals surface area (Å²) in [6, 6.07) is 4.73. The van der Waals surface area contributed by atoms with E-state index >= 15 is 0 Å². The molecule has 0 aliphatic carbocycles. The quantitative estimate of drug-likeness (QED) is 0.606. The van der Waals surface area contributed by atoms with E-state index in [9.17, 15) is 19.2 Å². The highest BCUT2D eigenvalue weighted by atomic mass is 35.5. The van der Waals surface area contributed by atoms with Crippen LogP contribution in [-0.4, -0.2) is 84.5 Å². The Balaban J connectivity index is 1.60. The second-order valence-electron chi connectivity index (χ2n) is 7.76. The molecule has 2 aliphatic rings. The average Bonchev–Trinajstić information content (AvgIpc) is 3.01. The predicted molar refractivity (Wildman–Crippen MR) is 125 cm³/mol. The van der Waals surface area contributed by atoms with Crippen molar-refractivity contribution in [2.24, 2.45) is 0 Å². The Morgan fingerprint density at radius 3 is 2.47 bits per heavy atom. The number of rotatable bonds is 6. The van der Waals surface area contributed by atoms with Crippen LogP contribution in [0.25, 0.3) is 0 Å². The molecule has 8 nitrogen and oxygen atoms in total. The number of imide groups is 1. The van der Waals surface area contributed by atoms with Gasteiger partial charge in [0, 0.05) is 31.2 Å². The van der Waals surface area contributed by atoms with Crippen molar-refractivity contribution in [3.8, 4) is 0 Å². The third-order valence-electron chi connectivity index (χ3n) is 5.17. The zero-order valence-electron chi connectivity index (χ0n) is 17.8. The number of hydrogen-bond acceptors (Lipinski definition) is 6. The molecular formula is C21H24Cl2N4O4S. The molecule has 2 heterocycles. The third-order valence-corrected chi connectivity index (χ3v) is 6.78. The summed E-state index contributed by atoms with van der Waals surface area (Å²) in [5, 5.41) is 2.99. The van der Waals surface area contributed by atoms with Crippen LogP contribution >= 0.6 is 35.0 Å². The van der Waals surface area contributed by atoms with Gasteiger partial charge in [0.2, 0.25) is 5.91 Å². The van der Waals surface area contributed by atoms with Gasteiger partial charge in [0.1, 0.15) is 6.54 Å². The third kappa shape index (κ3) is 5.83. The summed E-state index contributed by atoms with van der Waals surface area (Å²) in [6.07, 6.45) is 0.947. The van der Waals surface area contributed by atoms with Gasteiger partial charge in [-0.15, -0.1) is 0 Å². The molecule has 0 radical (unpaired) electrons. The number of thioether (sulfide) groups is 1. The van der Waals surface area contributed by atoms with Gasteiger partial charge >= 0.3 is 0 Å². The minimum Gasteiger partial charge on any atom is -0.353 e. The smallest absolute Gasteiger partial charge is 0.294 e. The van der Waals surface area contributed by atoms with E-state index in [0.29, 0.717) is 59.5 Å². The van der Waals surface area contributed by atoms with Gasteiger partial charge in [0.15, 0.2) is 0 Å². The molecule has 1 aromatic carbocycles. The molecule has 32 heavy (non-hydrogen) atoms. The molecule has 1 N–H and O–H groups in total. The van der Waals surface area contributed by atoms with Crippen LogP contribution in [0.2, 0.25) is 10.0 Å². The number of halogens is 2. The van der Waals surface area contributed by atoms with Crippen molar-refractivity contribution in [3.63, 3.8) is 0 Å². The molecule has 2 fully saturated rings. The van der Waals surface area contributed by atoms with Gasteiger partial charge in [-0.25, -0.2) is 0 Å². The zero-order valence-corrected chi connectivity index (χ0v) is 20.1. The second-order valence-corrected chi connectivity index (χ2v) is 9.57. The lowest BCUT2D eigenvalue weighted by Gasteiger charge is -2.29. The van der Waals surface area contributed by atoms with E-state index in [1.54, 1.807) is 17.0 Å². The molecule has 0 aromatic heterocycles. The molecule has 0 spiro atoms. The second kappa shape index (κ2) is 10.7. The number of carbonyl (C=O) groups excluding carboxylic acids is 4. The Bertz CT molecular complexity index is 973. The first kappa shape index (κ1) is 24.6. The van der Waals surface area contributed by atoms with Crippen molar-refractivity contribution < 1.29 is 19.2 Å². The lowest BCUT2D eigenvalue weighted by atomic mass is 10.0. The highest BCUT2D eigenvalue weighted by molar-refractivity contribution is 8.18. The summed E-state index contributed by atoms with van der Waals surface area (Å²) in [6.45, 7) is 1.61. The Morgan fingerprint density at radius 1 is 1.16 bits per heavy atom. The van der Waals surface area contributed by atoms with E-state index in [-0.39, 0.29) is 18.4 Å². The van der Waals surface area contributed by atoms with E-state index in [0.717, 1.165) is 22.2 Å². The fraction of sp³-hybridized carbons (Fsp3) is 0.429. The Labute approximate surface area is 200 Å². The molecular weight excluding hydrogens is 475 g/mol. The molecule has 2 saturated heterocycles. The normalized spacial score (nSPS) is 16.9. The van der Waals surface area contributed by atoms with Gasteiger partial charge in [-0.3, -0.25) is 24.1 Å². The van der Waals surface area contributed by atoms with E-state index in [1.165, 1.54) is 6.07 Å². The largest absolute Gasteiger partial charge is 0.353 e. The van der Waals surface area contributed by atoms with E-state index in [4.69, 9.17) is 23.2 Å². The van der Waals surface area contributed by atoms with Crippen molar-refractivity contribution in [3.05, 3.63) is 44.3 Å². The monoisotopic (exact) mass is 498 g/mol. The van der Waals surface area contributed by atoms with Crippen LogP contribution in [0.15, 0.2) is 28.7 Å². The number of likely N-dealkylation sites (tertiary alicyclic amines) is 1. The van der Waals surface area contributed by atoms with Crippen molar-refractivity contribution in [2.75, 3.05) is 46.8 Å². The summed E-state index contributed by atoms with van der Waals surface area (Å²) >= 11 is 12.9. The van der Waals surface area contributed by atoms with E-state index < -0.39 is 11.1 Å². The molecule has 0 bridgehead atoms. The average molecular weight is 499 g/mol. The van der Waals surface area contributed by atoms with Gasteiger partial charge in [-0.05, 0) is 62.5 Å². The molecule has 1 aromatic rings. The molecule has 0 atom stereocenters. The fourth-order valence-corrected chi connectivity index (χ4v) is 4.88. The highest BCUT2D eigenvalue weighted by Crippen LogP contribution is 2.36. The summed E-state index contributed by atoms with van der Waals surface area (Å²) in [5.74, 6) is -1.02. The highest BCUT2D eigenvalue weighted by Gasteiger charge is 2.38. The maximum Gasteiger partial charge on any atom is 0.294 e. The summed E-state index contributed by atoms with van der Waals surface area (Å²) in [7, 11) is 3.77. The van der Waals surface area contributed by atoms with Crippen LogP contribution in [0.4, 0.5) is 4.79 Å². The lowest BCUT2D eigenvalue weighted by molar-refractivity contribution is -0.129. The van der Waals surface area contributed by atoms with Gasteiger partial charge in [-0.1, -0.05) is 23.2 Å². The first-order valence-corrected chi connectivity index (χ1v) is 11.7. The SMILES string of the molecule is CN(C)CCNC(=O)CN1C(=O)SC(=C2CCN(C(=O)c3ccc(Cl)cc3Cl)CC2)C1=O. The zero-order chi connectivity index (χ0) is 23.4. The van der Waals surface area contributed by atoms with Crippen LogP contribution in [0.5, 0.6) is 0 Å². The number of piperidine rings is 1. The summed E-state index contributed by atoms with van der Waals surface area (Å²) in [5.41, 5.74) is 1.20. The van der Waals surface area contributed by atoms with Gasteiger partial charge in [0.05, 0.1) is 15.5 Å².